The summed E-state index contributed by atoms with van der Waals surface area (Å²) in [5.74, 6) is -0.395. The van der Waals surface area contributed by atoms with Crippen molar-refractivity contribution >= 4 is 29.2 Å². The van der Waals surface area contributed by atoms with Gasteiger partial charge in [-0.15, -0.1) is 0 Å². The standard InChI is InChI=1S/C28H29F6N5O3/c29-27(30,31)19-14-20(28(32,33)34)16-21(15-19)35-25(42)37-12-8-26(9-13-37)24(41)38(17-23(40)36-10-4-5-11-36)18-39(26)22-6-2-1-3-7-22/h1-3,6-7,14-16H,4-5,8-13,17-18H2,(H,35,42). The highest BCUT2D eigenvalue weighted by Gasteiger charge is 2.54. The van der Waals surface area contributed by atoms with Crippen LogP contribution in [0, 0.1) is 0 Å². The highest BCUT2D eigenvalue weighted by molar-refractivity contribution is 5.97. The molecule has 3 aliphatic rings. The van der Waals surface area contributed by atoms with Gasteiger partial charge in [-0.25, -0.2) is 4.79 Å². The van der Waals surface area contributed by atoms with Gasteiger partial charge in [0, 0.05) is 37.6 Å². The number of benzene rings is 2. The zero-order valence-electron chi connectivity index (χ0n) is 22.5. The maximum atomic E-state index is 13.8. The van der Waals surface area contributed by atoms with Gasteiger partial charge in [0.15, 0.2) is 0 Å². The first-order chi connectivity index (χ1) is 19.8. The normalized spacial score (nSPS) is 19.1. The predicted molar refractivity (Wildman–Crippen MR) is 140 cm³/mol. The van der Waals surface area contributed by atoms with Gasteiger partial charge >= 0.3 is 18.4 Å². The molecule has 0 saturated carbocycles. The Morgan fingerprint density at radius 2 is 1.38 bits per heavy atom. The van der Waals surface area contributed by atoms with E-state index in [1.807, 2.05) is 35.2 Å². The molecule has 1 spiro atoms. The first-order valence-corrected chi connectivity index (χ1v) is 13.5. The maximum absolute atomic E-state index is 13.8. The monoisotopic (exact) mass is 597 g/mol. The topological polar surface area (TPSA) is 76.2 Å². The molecule has 1 N–H and O–H groups in total. The summed E-state index contributed by atoms with van der Waals surface area (Å²) in [6.45, 7) is 1.41. The zero-order valence-corrected chi connectivity index (χ0v) is 22.5. The van der Waals surface area contributed by atoms with Crippen LogP contribution in [0.2, 0.25) is 0 Å². The molecule has 0 aromatic heterocycles. The van der Waals surface area contributed by atoms with Crippen molar-refractivity contribution < 1.29 is 40.7 Å². The van der Waals surface area contributed by atoms with Gasteiger partial charge in [-0.2, -0.15) is 26.3 Å². The van der Waals surface area contributed by atoms with E-state index in [1.165, 1.54) is 9.80 Å². The van der Waals surface area contributed by atoms with Crippen molar-refractivity contribution in [1.29, 1.82) is 0 Å². The predicted octanol–water partition coefficient (Wildman–Crippen LogP) is 5.02. The Hall–Kier alpha value is -3.97. The molecule has 14 heteroatoms. The molecular formula is C28H29F6N5O3. The van der Waals surface area contributed by atoms with Gasteiger partial charge in [0.25, 0.3) is 5.91 Å². The van der Waals surface area contributed by atoms with Crippen molar-refractivity contribution in [1.82, 2.24) is 14.7 Å². The molecule has 3 fully saturated rings. The van der Waals surface area contributed by atoms with Gasteiger partial charge in [0.2, 0.25) is 5.91 Å². The number of nitrogens with zero attached hydrogens (tertiary/aromatic N) is 4. The molecule has 3 aliphatic heterocycles. The number of alkyl halides is 6. The molecule has 2 aromatic carbocycles. The minimum atomic E-state index is -5.05. The molecule has 0 bridgehead atoms. The molecular weight excluding hydrogens is 568 g/mol. The molecule has 0 radical (unpaired) electrons. The van der Waals surface area contributed by atoms with Crippen LogP contribution in [0.4, 0.5) is 42.5 Å². The lowest BCUT2D eigenvalue weighted by molar-refractivity contribution is -0.143. The summed E-state index contributed by atoms with van der Waals surface area (Å²) in [4.78, 5) is 46.1. The number of halogens is 6. The van der Waals surface area contributed by atoms with E-state index in [9.17, 15) is 40.7 Å². The Balaban J connectivity index is 1.33. The fourth-order valence-corrected chi connectivity index (χ4v) is 5.86. The van der Waals surface area contributed by atoms with Crippen LogP contribution in [0.3, 0.4) is 0 Å². The average Bonchev–Trinajstić information content (AvgIpc) is 3.57. The van der Waals surface area contributed by atoms with Crippen molar-refractivity contribution in [3.8, 4) is 0 Å². The number of carbonyl (C=O) groups is 3. The number of anilines is 2. The second kappa shape index (κ2) is 11.0. The van der Waals surface area contributed by atoms with E-state index in [1.54, 1.807) is 4.90 Å². The quantitative estimate of drug-likeness (QED) is 0.503. The number of amides is 4. The molecule has 42 heavy (non-hydrogen) atoms. The van der Waals surface area contributed by atoms with E-state index in [0.717, 1.165) is 18.5 Å². The summed E-state index contributed by atoms with van der Waals surface area (Å²) in [5.41, 5.74) is -4.03. The van der Waals surface area contributed by atoms with Crippen molar-refractivity contribution in [3.63, 3.8) is 0 Å². The van der Waals surface area contributed by atoms with E-state index >= 15 is 0 Å². The largest absolute Gasteiger partial charge is 0.416 e. The van der Waals surface area contributed by atoms with Crippen molar-refractivity contribution in [2.75, 3.05) is 49.6 Å². The summed E-state index contributed by atoms with van der Waals surface area (Å²) < 4.78 is 79.5. The van der Waals surface area contributed by atoms with Crippen molar-refractivity contribution in [3.05, 3.63) is 59.7 Å². The number of likely N-dealkylation sites (tertiary alicyclic amines) is 2. The summed E-state index contributed by atoms with van der Waals surface area (Å²) >= 11 is 0. The number of carbonyl (C=O) groups excluding carboxylic acids is 3. The Labute approximate surface area is 237 Å². The number of hydrogen-bond donors (Lipinski definition) is 1. The highest BCUT2D eigenvalue weighted by Crippen LogP contribution is 2.40. The lowest BCUT2D eigenvalue weighted by Gasteiger charge is -2.43. The molecule has 4 amide bonds. The van der Waals surface area contributed by atoms with Crippen LogP contribution < -0.4 is 10.2 Å². The fourth-order valence-electron chi connectivity index (χ4n) is 5.86. The lowest BCUT2D eigenvalue weighted by atomic mass is 9.85. The number of para-hydroxylation sites is 1. The Bertz CT molecular complexity index is 1300. The Morgan fingerprint density at radius 3 is 1.93 bits per heavy atom. The van der Waals surface area contributed by atoms with Crippen LogP contribution in [0.5, 0.6) is 0 Å². The van der Waals surface area contributed by atoms with Gasteiger partial charge in [-0.3, -0.25) is 9.59 Å². The summed E-state index contributed by atoms with van der Waals surface area (Å²) in [5, 5.41) is 2.16. The number of hydrogen-bond acceptors (Lipinski definition) is 4. The van der Waals surface area contributed by atoms with Crippen LogP contribution in [0.15, 0.2) is 48.5 Å². The number of urea groups is 1. The van der Waals surface area contributed by atoms with Gasteiger partial charge in [-0.1, -0.05) is 18.2 Å². The minimum absolute atomic E-state index is 0.00952. The molecule has 0 atom stereocenters. The number of nitrogens with one attached hydrogen (secondary N) is 1. The third-order valence-corrected chi connectivity index (χ3v) is 8.08. The first kappa shape index (κ1) is 29.5. The fraction of sp³-hybridized carbons (Fsp3) is 0.464. The molecule has 226 valence electrons. The summed E-state index contributed by atoms with van der Waals surface area (Å²) in [6.07, 6.45) is -7.97. The third-order valence-electron chi connectivity index (χ3n) is 8.08. The third kappa shape index (κ3) is 5.84. The number of piperidine rings is 1. The van der Waals surface area contributed by atoms with Crippen LogP contribution >= 0.6 is 0 Å². The van der Waals surface area contributed by atoms with Crippen LogP contribution in [0.25, 0.3) is 0 Å². The lowest BCUT2D eigenvalue weighted by Crippen LogP contribution is -2.58. The molecule has 5 rings (SSSR count). The van der Waals surface area contributed by atoms with Gasteiger partial charge in [0.05, 0.1) is 17.8 Å². The SMILES string of the molecule is O=C(CN1CN(c2ccccc2)C2(CCN(C(=O)Nc3cc(C(F)(F)F)cc(C(F)(F)F)c3)CC2)C1=O)N1CCCC1. The van der Waals surface area contributed by atoms with E-state index in [-0.39, 0.29) is 57.0 Å². The maximum Gasteiger partial charge on any atom is 0.416 e. The second-order valence-electron chi connectivity index (χ2n) is 10.7. The molecule has 2 aromatic rings. The number of rotatable bonds is 4. The Morgan fingerprint density at radius 1 is 0.810 bits per heavy atom. The van der Waals surface area contributed by atoms with E-state index < -0.39 is 40.7 Å². The smallest absolute Gasteiger partial charge is 0.341 e. The molecule has 3 heterocycles. The van der Waals surface area contributed by atoms with Crippen molar-refractivity contribution in [2.45, 2.75) is 43.6 Å². The highest BCUT2D eigenvalue weighted by atomic mass is 19.4. The molecule has 8 nitrogen and oxygen atoms in total. The molecule has 0 aliphatic carbocycles. The van der Waals surface area contributed by atoms with Gasteiger partial charge in [-0.05, 0) is 56.0 Å². The van der Waals surface area contributed by atoms with Crippen molar-refractivity contribution in [2.24, 2.45) is 0 Å². The Kier molecular flexibility index (Phi) is 7.75. The summed E-state index contributed by atoms with van der Waals surface area (Å²) in [7, 11) is 0. The van der Waals surface area contributed by atoms with Crippen LogP contribution in [-0.4, -0.2) is 77.5 Å². The second-order valence-corrected chi connectivity index (χ2v) is 10.7. The summed E-state index contributed by atoms with van der Waals surface area (Å²) in [6, 6.07) is 9.15. The average molecular weight is 598 g/mol. The van der Waals surface area contributed by atoms with Gasteiger partial charge < -0.3 is 24.9 Å². The zero-order chi connectivity index (χ0) is 30.3. The molecule has 0 unspecified atom stereocenters. The van der Waals surface area contributed by atoms with Gasteiger partial charge in [0.1, 0.15) is 12.1 Å². The van der Waals surface area contributed by atoms with Crippen LogP contribution in [-0.2, 0) is 21.9 Å². The molecule has 3 saturated heterocycles. The first-order valence-electron chi connectivity index (χ1n) is 13.5. The van der Waals surface area contributed by atoms with Crippen LogP contribution in [0.1, 0.15) is 36.8 Å². The minimum Gasteiger partial charge on any atom is -0.341 e. The van der Waals surface area contributed by atoms with E-state index in [2.05, 4.69) is 5.32 Å². The van der Waals surface area contributed by atoms with E-state index in [0.29, 0.717) is 25.2 Å². The van der Waals surface area contributed by atoms with E-state index in [4.69, 9.17) is 0 Å².